The number of hydrogen-bond donors (Lipinski definition) is 2. The Bertz CT molecular complexity index is 832. The summed E-state index contributed by atoms with van der Waals surface area (Å²) < 4.78 is 27.4. The predicted octanol–water partition coefficient (Wildman–Crippen LogP) is 4.42. The summed E-state index contributed by atoms with van der Waals surface area (Å²) in [5.74, 6) is -0.713. The van der Waals surface area contributed by atoms with Crippen molar-refractivity contribution in [2.75, 3.05) is 10.6 Å². The van der Waals surface area contributed by atoms with Crippen molar-refractivity contribution in [2.45, 2.75) is 13.5 Å². The monoisotopic (exact) mass is 326 g/mol. The minimum Gasteiger partial charge on any atom is -0.366 e. The van der Waals surface area contributed by atoms with Crippen LogP contribution in [0, 0.1) is 18.6 Å². The third kappa shape index (κ3) is 3.65. The maximum absolute atomic E-state index is 13.7. The van der Waals surface area contributed by atoms with Crippen LogP contribution in [0.5, 0.6) is 0 Å². The van der Waals surface area contributed by atoms with Crippen LogP contribution < -0.4 is 10.6 Å². The first-order valence-electron chi connectivity index (χ1n) is 7.46. The lowest BCUT2D eigenvalue weighted by molar-refractivity contribution is 0.590. The molecule has 0 atom stereocenters. The molecule has 122 valence electrons. The van der Waals surface area contributed by atoms with E-state index in [1.165, 1.54) is 30.0 Å². The van der Waals surface area contributed by atoms with Crippen LogP contribution in [0.25, 0.3) is 0 Å². The number of halogens is 2. The first kappa shape index (κ1) is 15.9. The van der Waals surface area contributed by atoms with Gasteiger partial charge in [0, 0.05) is 12.7 Å². The number of rotatable bonds is 5. The van der Waals surface area contributed by atoms with E-state index >= 15 is 0 Å². The van der Waals surface area contributed by atoms with Crippen LogP contribution in [-0.4, -0.2) is 9.97 Å². The van der Waals surface area contributed by atoms with E-state index in [9.17, 15) is 8.78 Å². The molecular formula is C18H16F2N4. The highest BCUT2D eigenvalue weighted by atomic mass is 19.1. The molecule has 0 amide bonds. The van der Waals surface area contributed by atoms with Gasteiger partial charge in [-0.05, 0) is 36.2 Å². The van der Waals surface area contributed by atoms with Crippen molar-refractivity contribution in [3.63, 3.8) is 0 Å². The van der Waals surface area contributed by atoms with Gasteiger partial charge in [-0.25, -0.2) is 13.8 Å². The largest absolute Gasteiger partial charge is 0.366 e. The van der Waals surface area contributed by atoms with Gasteiger partial charge in [0.1, 0.15) is 23.1 Å². The third-order valence-corrected chi connectivity index (χ3v) is 3.58. The Kier molecular flexibility index (Phi) is 4.65. The molecule has 0 radical (unpaired) electrons. The van der Waals surface area contributed by atoms with E-state index in [1.54, 1.807) is 6.07 Å². The number of aryl methyl sites for hydroxylation is 1. The van der Waals surface area contributed by atoms with Crippen LogP contribution in [-0.2, 0) is 6.54 Å². The maximum atomic E-state index is 13.7. The molecule has 0 aliphatic rings. The van der Waals surface area contributed by atoms with Gasteiger partial charge < -0.3 is 10.6 Å². The zero-order valence-electron chi connectivity index (χ0n) is 13.1. The molecule has 1 heterocycles. The first-order chi connectivity index (χ1) is 11.6. The maximum Gasteiger partial charge on any atom is 0.229 e. The average molecular weight is 326 g/mol. The van der Waals surface area contributed by atoms with E-state index in [1.807, 2.05) is 31.2 Å². The molecule has 0 unspecified atom stereocenters. The fourth-order valence-electron chi connectivity index (χ4n) is 2.24. The molecule has 0 fully saturated rings. The molecule has 0 saturated heterocycles. The molecule has 2 N–H and O–H groups in total. The zero-order chi connectivity index (χ0) is 16.9. The van der Waals surface area contributed by atoms with Crippen molar-refractivity contribution in [3.05, 3.63) is 77.5 Å². The van der Waals surface area contributed by atoms with E-state index < -0.39 is 11.6 Å². The van der Waals surface area contributed by atoms with Crippen molar-refractivity contribution >= 4 is 17.5 Å². The molecule has 2 aromatic carbocycles. The Morgan fingerprint density at radius 3 is 2.46 bits per heavy atom. The van der Waals surface area contributed by atoms with Crippen molar-refractivity contribution in [1.29, 1.82) is 0 Å². The first-order valence-corrected chi connectivity index (χ1v) is 7.46. The van der Waals surface area contributed by atoms with E-state index in [0.717, 1.165) is 5.56 Å². The number of nitrogens with zero attached hydrogens (tertiary/aromatic N) is 2. The van der Waals surface area contributed by atoms with Gasteiger partial charge in [-0.2, -0.15) is 4.98 Å². The SMILES string of the molecule is Cc1ccccc1CNc1ccnc(Nc2c(F)cccc2F)n1. The van der Waals surface area contributed by atoms with E-state index in [4.69, 9.17) is 0 Å². The van der Waals surface area contributed by atoms with Crippen molar-refractivity contribution in [1.82, 2.24) is 9.97 Å². The number of benzene rings is 2. The van der Waals surface area contributed by atoms with Crippen LogP contribution in [0.15, 0.2) is 54.7 Å². The summed E-state index contributed by atoms with van der Waals surface area (Å²) in [5, 5.41) is 5.76. The Morgan fingerprint density at radius 1 is 0.958 bits per heavy atom. The molecule has 0 spiro atoms. The molecule has 1 aromatic heterocycles. The van der Waals surface area contributed by atoms with Crippen molar-refractivity contribution in [2.24, 2.45) is 0 Å². The van der Waals surface area contributed by atoms with Crippen molar-refractivity contribution in [3.8, 4) is 0 Å². The Morgan fingerprint density at radius 2 is 1.71 bits per heavy atom. The molecule has 6 heteroatoms. The molecule has 0 saturated carbocycles. The molecule has 3 rings (SSSR count). The van der Waals surface area contributed by atoms with Crippen LogP contribution in [0.4, 0.5) is 26.2 Å². The van der Waals surface area contributed by atoms with Gasteiger partial charge in [0.2, 0.25) is 5.95 Å². The highest BCUT2D eigenvalue weighted by Crippen LogP contribution is 2.21. The van der Waals surface area contributed by atoms with Crippen LogP contribution >= 0.6 is 0 Å². The smallest absolute Gasteiger partial charge is 0.229 e. The number of aromatic nitrogens is 2. The lowest BCUT2D eigenvalue weighted by Gasteiger charge is -2.10. The summed E-state index contributed by atoms with van der Waals surface area (Å²) in [5.41, 5.74) is 2.05. The summed E-state index contributed by atoms with van der Waals surface area (Å²) in [4.78, 5) is 8.22. The fourth-order valence-corrected chi connectivity index (χ4v) is 2.24. The standard InChI is InChI=1S/C18H16F2N4/c1-12-5-2-3-6-13(12)11-22-16-9-10-21-18(23-16)24-17-14(19)7-4-8-15(17)20/h2-10H,11H2,1H3,(H2,21,22,23,24). The van der Waals surface area contributed by atoms with Gasteiger partial charge in [-0.15, -0.1) is 0 Å². The lowest BCUT2D eigenvalue weighted by Crippen LogP contribution is -2.06. The highest BCUT2D eigenvalue weighted by Gasteiger charge is 2.10. The van der Waals surface area contributed by atoms with E-state index in [2.05, 4.69) is 20.6 Å². The molecule has 0 bridgehead atoms. The van der Waals surface area contributed by atoms with Gasteiger partial charge in [0.05, 0.1) is 0 Å². The zero-order valence-corrected chi connectivity index (χ0v) is 13.1. The van der Waals surface area contributed by atoms with Gasteiger partial charge in [-0.3, -0.25) is 0 Å². The summed E-state index contributed by atoms with van der Waals surface area (Å²) >= 11 is 0. The lowest BCUT2D eigenvalue weighted by atomic mass is 10.1. The molecular weight excluding hydrogens is 310 g/mol. The normalized spacial score (nSPS) is 10.5. The number of anilines is 3. The van der Waals surface area contributed by atoms with Crippen LogP contribution in [0.2, 0.25) is 0 Å². The molecule has 4 nitrogen and oxygen atoms in total. The predicted molar refractivity (Wildman–Crippen MR) is 90.2 cm³/mol. The Hall–Kier alpha value is -3.02. The summed E-state index contributed by atoms with van der Waals surface area (Å²) in [6.07, 6.45) is 1.52. The topological polar surface area (TPSA) is 49.8 Å². The minimum atomic E-state index is -0.697. The quantitative estimate of drug-likeness (QED) is 0.729. The molecule has 3 aromatic rings. The van der Waals surface area contributed by atoms with E-state index in [-0.39, 0.29) is 11.6 Å². The number of para-hydroxylation sites is 1. The second kappa shape index (κ2) is 7.04. The average Bonchev–Trinajstić information content (AvgIpc) is 2.58. The number of nitrogens with one attached hydrogen (secondary N) is 2. The second-order valence-corrected chi connectivity index (χ2v) is 5.27. The molecule has 0 aliphatic carbocycles. The molecule has 24 heavy (non-hydrogen) atoms. The van der Waals surface area contributed by atoms with Gasteiger partial charge in [0.15, 0.2) is 0 Å². The summed E-state index contributed by atoms with van der Waals surface area (Å²) in [6, 6.07) is 13.4. The molecule has 0 aliphatic heterocycles. The van der Waals surface area contributed by atoms with Gasteiger partial charge >= 0.3 is 0 Å². The minimum absolute atomic E-state index is 0.119. The van der Waals surface area contributed by atoms with Gasteiger partial charge in [0.25, 0.3) is 0 Å². The van der Waals surface area contributed by atoms with Crippen LogP contribution in [0.3, 0.4) is 0 Å². The van der Waals surface area contributed by atoms with E-state index in [0.29, 0.717) is 12.4 Å². The van der Waals surface area contributed by atoms with Crippen LogP contribution in [0.1, 0.15) is 11.1 Å². The Balaban J connectivity index is 1.74. The van der Waals surface area contributed by atoms with Gasteiger partial charge in [-0.1, -0.05) is 30.3 Å². The van der Waals surface area contributed by atoms with Crippen molar-refractivity contribution < 1.29 is 8.78 Å². The fraction of sp³-hybridized carbons (Fsp3) is 0.111. The third-order valence-electron chi connectivity index (χ3n) is 3.58. The Labute approximate surface area is 138 Å². The summed E-state index contributed by atoms with van der Waals surface area (Å²) in [7, 11) is 0. The second-order valence-electron chi connectivity index (χ2n) is 5.27. The number of hydrogen-bond acceptors (Lipinski definition) is 4. The summed E-state index contributed by atoms with van der Waals surface area (Å²) in [6.45, 7) is 2.63. The highest BCUT2D eigenvalue weighted by molar-refractivity contribution is 5.56.